The van der Waals surface area contributed by atoms with E-state index >= 15 is 0 Å². The van der Waals surface area contributed by atoms with Crippen LogP contribution in [0, 0.1) is 25.0 Å². The van der Waals surface area contributed by atoms with Crippen LogP contribution < -0.4 is 26.4 Å². The molecule has 0 saturated heterocycles. The standard InChI is InChI=1S/C25H26N4O2.C18H22BrN3O2.C7H6BNO2/c1-16-9-11-24(12-10-16)15-25(22(30)29(3)23(26)28-25)20-14-18(7-8-21(20)31-24)17-5-4-6-19(13-17)27-2;1-11-5-7-17(8-6-11)10-18(15(23)22(2)16(20)21-18)13-9-12(19)3-4-14(13)24-17;1-9-7-4-2-3-6(5-7)8(10)11/h4-8,13-14,16H,9-12,15H2,1,3H3,(H2,26,28);3-4,9,11H,5-8,10H2,1-2H3,(H2,20,21);2-5,10-11H. The average molecular weight is 954 g/mol. The van der Waals surface area contributed by atoms with Crippen molar-refractivity contribution in [2.45, 2.75) is 100 Å². The number of likely N-dealkylation sites (N-methyl/N-ethyl adjacent to an activating group) is 2. The normalized spacial score (nSPS) is 28.1. The van der Waals surface area contributed by atoms with Gasteiger partial charge in [0.05, 0.1) is 13.1 Å². The van der Waals surface area contributed by atoms with Gasteiger partial charge in [-0.25, -0.2) is 19.7 Å². The van der Waals surface area contributed by atoms with E-state index in [2.05, 4.69) is 44.5 Å². The highest BCUT2D eigenvalue weighted by Gasteiger charge is 2.60. The van der Waals surface area contributed by atoms with Crippen molar-refractivity contribution in [1.29, 1.82) is 0 Å². The summed E-state index contributed by atoms with van der Waals surface area (Å²) in [5.74, 6) is 3.23. The zero-order chi connectivity index (χ0) is 47.2. The second-order valence-corrected chi connectivity index (χ2v) is 19.7. The number of carbonyl (C=O) groups is 2. The fourth-order valence-corrected chi connectivity index (χ4v) is 10.7. The zero-order valence-corrected chi connectivity index (χ0v) is 39.2. The number of ether oxygens (including phenoxy) is 2. The van der Waals surface area contributed by atoms with Gasteiger partial charge in [-0.3, -0.25) is 19.4 Å². The molecule has 2 fully saturated rings. The van der Waals surface area contributed by atoms with Crippen LogP contribution in [0.1, 0.15) is 89.2 Å². The van der Waals surface area contributed by atoms with E-state index in [4.69, 9.17) is 49.1 Å². The minimum Gasteiger partial charge on any atom is -0.487 e. The first-order chi connectivity index (χ1) is 31.4. The number of guanidine groups is 2. The monoisotopic (exact) mass is 952 g/mol. The van der Waals surface area contributed by atoms with E-state index in [9.17, 15) is 9.59 Å². The summed E-state index contributed by atoms with van der Waals surface area (Å²) in [4.78, 5) is 45.7. The first-order valence-corrected chi connectivity index (χ1v) is 23.2. The highest BCUT2D eigenvalue weighted by Crippen LogP contribution is 2.55. The van der Waals surface area contributed by atoms with Gasteiger partial charge in [-0.05, 0) is 116 Å². The van der Waals surface area contributed by atoms with Crippen LogP contribution in [0.15, 0.2) is 99.4 Å². The molecule has 0 bridgehead atoms. The number of halogens is 1. The quantitative estimate of drug-likeness (QED) is 0.116. The largest absolute Gasteiger partial charge is 0.487 e. The Balaban J connectivity index is 0.000000149. The van der Waals surface area contributed by atoms with E-state index in [1.165, 1.54) is 15.9 Å². The SMILES string of the molecule is CC1CCC2(CC1)CC1(N=C(N)N(C)C1=O)c1cc(Br)ccc1O2.[C-]#[N+]c1cccc(-c2ccc3c(c2)C2(CC4(CCC(C)CC4)O3)N=C(N)N(C)C2=O)c1.[C-]#[N+]c1cccc(B(O)O)c1. The minimum absolute atomic E-state index is 0.0550. The Morgan fingerprint density at radius 1 is 0.682 bits per heavy atom. The van der Waals surface area contributed by atoms with E-state index in [1.807, 2.05) is 54.6 Å². The van der Waals surface area contributed by atoms with Gasteiger partial charge in [0.1, 0.15) is 22.7 Å². The Morgan fingerprint density at radius 3 is 1.61 bits per heavy atom. The smallest absolute Gasteiger partial charge is 0.487 e. The van der Waals surface area contributed by atoms with Crippen LogP contribution in [0.25, 0.3) is 20.8 Å². The number of nitrogens with zero attached hydrogens (tertiary/aromatic N) is 6. The maximum absolute atomic E-state index is 13.5. The second kappa shape index (κ2) is 17.9. The number of benzene rings is 4. The van der Waals surface area contributed by atoms with Crippen molar-refractivity contribution in [1.82, 2.24) is 9.80 Å². The van der Waals surface area contributed by atoms with Crippen molar-refractivity contribution in [3.63, 3.8) is 0 Å². The van der Waals surface area contributed by atoms with Gasteiger partial charge in [0.2, 0.25) is 0 Å². The van der Waals surface area contributed by atoms with E-state index < -0.39 is 23.8 Å². The molecule has 2 aliphatic carbocycles. The molecule has 340 valence electrons. The number of hydrogen-bond donors (Lipinski definition) is 4. The van der Waals surface area contributed by atoms with Gasteiger partial charge < -0.3 is 31.0 Å². The molecule has 2 unspecified atom stereocenters. The fraction of sp³-hybridized carbons (Fsp3) is 0.400. The third kappa shape index (κ3) is 8.54. The molecule has 6 aliphatic rings. The van der Waals surface area contributed by atoms with Crippen LogP contribution in [-0.4, -0.2) is 76.0 Å². The topological polar surface area (TPSA) is 185 Å². The molecule has 2 amide bonds. The lowest BCUT2D eigenvalue weighted by Crippen LogP contribution is -2.53. The predicted octanol–water partition coefficient (Wildman–Crippen LogP) is 7.70. The first kappa shape index (κ1) is 46.3. The maximum Gasteiger partial charge on any atom is 0.487 e. The first-order valence-electron chi connectivity index (χ1n) is 22.4. The van der Waals surface area contributed by atoms with Crippen LogP contribution in [-0.2, 0) is 20.7 Å². The Kier molecular flexibility index (Phi) is 12.6. The molecular formula is C50H54BBrN8O6. The molecule has 66 heavy (non-hydrogen) atoms. The van der Waals surface area contributed by atoms with E-state index in [-0.39, 0.29) is 29.3 Å². The highest BCUT2D eigenvalue weighted by atomic mass is 79.9. The third-order valence-electron chi connectivity index (χ3n) is 14.2. The van der Waals surface area contributed by atoms with Crippen LogP contribution >= 0.6 is 15.9 Å². The average Bonchev–Trinajstić information content (AvgIpc) is 3.66. The van der Waals surface area contributed by atoms with Gasteiger partial charge in [-0.2, -0.15) is 0 Å². The van der Waals surface area contributed by atoms with Crippen LogP contribution in [0.5, 0.6) is 11.5 Å². The number of carbonyl (C=O) groups excluding carboxylic acids is 2. The lowest BCUT2D eigenvalue weighted by Gasteiger charge is -2.48. The van der Waals surface area contributed by atoms with Crippen molar-refractivity contribution >= 4 is 63.6 Å². The molecule has 2 atom stereocenters. The van der Waals surface area contributed by atoms with Crippen molar-refractivity contribution in [2.75, 3.05) is 14.1 Å². The molecule has 4 heterocycles. The molecule has 2 saturated carbocycles. The van der Waals surface area contributed by atoms with Crippen molar-refractivity contribution in [3.8, 4) is 22.6 Å². The minimum atomic E-state index is -1.49. The number of hydrogen-bond acceptors (Lipinski definition) is 10. The van der Waals surface area contributed by atoms with Gasteiger partial charge in [0.25, 0.3) is 11.8 Å². The summed E-state index contributed by atoms with van der Waals surface area (Å²) in [6.45, 7) is 18.5. The summed E-state index contributed by atoms with van der Waals surface area (Å²) < 4.78 is 14.0. The number of amides is 2. The molecule has 6 N–H and O–H groups in total. The van der Waals surface area contributed by atoms with Gasteiger partial charge in [-0.15, -0.1) is 0 Å². The molecule has 10 rings (SSSR count). The second-order valence-electron chi connectivity index (χ2n) is 18.8. The molecule has 16 heteroatoms. The molecule has 4 aliphatic heterocycles. The van der Waals surface area contributed by atoms with Crippen molar-refractivity contribution < 1.29 is 29.1 Å². The van der Waals surface area contributed by atoms with Crippen LogP contribution in [0.4, 0.5) is 11.4 Å². The predicted molar refractivity (Wildman–Crippen MR) is 258 cm³/mol. The summed E-state index contributed by atoms with van der Waals surface area (Å²) in [5.41, 5.74) is 14.2. The van der Waals surface area contributed by atoms with E-state index in [1.54, 1.807) is 38.4 Å². The van der Waals surface area contributed by atoms with E-state index in [0.29, 0.717) is 47.3 Å². The van der Waals surface area contributed by atoms with Crippen molar-refractivity contribution in [2.24, 2.45) is 33.3 Å². The summed E-state index contributed by atoms with van der Waals surface area (Å²) >= 11 is 3.51. The molecule has 0 aromatic heterocycles. The molecule has 4 spiro atoms. The highest BCUT2D eigenvalue weighted by molar-refractivity contribution is 9.10. The summed E-state index contributed by atoms with van der Waals surface area (Å²) in [5, 5.41) is 17.4. The van der Waals surface area contributed by atoms with Gasteiger partial charge in [0.15, 0.2) is 34.4 Å². The van der Waals surface area contributed by atoms with Crippen LogP contribution in [0.2, 0.25) is 0 Å². The van der Waals surface area contributed by atoms with Crippen molar-refractivity contribution in [3.05, 3.63) is 123 Å². The summed E-state index contributed by atoms with van der Waals surface area (Å²) in [7, 11) is 1.89. The van der Waals surface area contributed by atoms with Gasteiger partial charge in [-0.1, -0.05) is 78.3 Å². The fourth-order valence-electron chi connectivity index (χ4n) is 10.3. The zero-order valence-electron chi connectivity index (χ0n) is 37.6. The number of nitrogens with two attached hydrogens (primary N) is 2. The van der Waals surface area contributed by atoms with E-state index in [0.717, 1.165) is 83.8 Å². The number of fused-ring (bicyclic) bond motifs is 4. The Bertz CT molecular complexity index is 2720. The maximum atomic E-state index is 13.5. The number of aliphatic imine (C=N–C) groups is 2. The lowest BCUT2D eigenvalue weighted by molar-refractivity contribution is -0.135. The van der Waals surface area contributed by atoms with Gasteiger partial charge >= 0.3 is 7.12 Å². The third-order valence-corrected chi connectivity index (χ3v) is 14.7. The van der Waals surface area contributed by atoms with Crippen LogP contribution in [0.3, 0.4) is 0 Å². The Labute approximate surface area is 394 Å². The van der Waals surface area contributed by atoms with Gasteiger partial charge in [0, 0.05) is 42.5 Å². The lowest BCUT2D eigenvalue weighted by atomic mass is 9.68. The Hall–Kier alpha value is -6.20. The summed E-state index contributed by atoms with van der Waals surface area (Å²) in [6, 6.07) is 25.5. The summed E-state index contributed by atoms with van der Waals surface area (Å²) in [6.07, 6.45) is 9.21. The Morgan fingerprint density at radius 2 is 1.14 bits per heavy atom. The molecule has 4 aromatic rings. The number of rotatable bonds is 2. The molecule has 14 nitrogen and oxygen atoms in total. The molecule has 4 aromatic carbocycles. The molecular weight excluding hydrogens is 899 g/mol. The molecule has 0 radical (unpaired) electrons.